The van der Waals surface area contributed by atoms with Crippen molar-refractivity contribution in [1.82, 2.24) is 9.55 Å². The number of ether oxygens (including phenoxy) is 1. The Bertz CT molecular complexity index is 604. The zero-order valence-electron chi connectivity index (χ0n) is 11.6. The molecular weight excluding hydrogens is 252 g/mol. The van der Waals surface area contributed by atoms with Crippen LogP contribution in [0.3, 0.4) is 0 Å². The first-order valence-corrected chi connectivity index (χ1v) is 7.06. The number of hydrogen-bond acceptors (Lipinski definition) is 3. The van der Waals surface area contributed by atoms with Crippen molar-refractivity contribution in [1.29, 1.82) is 0 Å². The van der Waals surface area contributed by atoms with Crippen LogP contribution in [-0.2, 0) is 22.5 Å². The summed E-state index contributed by atoms with van der Waals surface area (Å²) in [5.41, 5.74) is 2.09. The summed E-state index contributed by atoms with van der Waals surface area (Å²) in [6, 6.07) is 10.1. The Morgan fingerprint density at radius 2 is 2.20 bits per heavy atom. The molecule has 0 saturated carbocycles. The normalized spacial score (nSPS) is 17.6. The van der Waals surface area contributed by atoms with E-state index >= 15 is 0 Å². The first-order chi connectivity index (χ1) is 9.78. The minimum absolute atomic E-state index is 0.0477. The van der Waals surface area contributed by atoms with Gasteiger partial charge in [-0.2, -0.15) is 0 Å². The lowest BCUT2D eigenvalue weighted by molar-refractivity contribution is -0.148. The van der Waals surface area contributed by atoms with Gasteiger partial charge in [-0.3, -0.25) is 4.79 Å². The maximum atomic E-state index is 11.8. The number of aryl methyl sites for hydroxylation is 1. The van der Waals surface area contributed by atoms with Gasteiger partial charge < -0.3 is 9.30 Å². The topological polar surface area (TPSA) is 44.1 Å². The minimum Gasteiger partial charge on any atom is -0.466 e. The van der Waals surface area contributed by atoms with Crippen LogP contribution in [0, 0.1) is 5.92 Å². The van der Waals surface area contributed by atoms with Crippen molar-refractivity contribution < 1.29 is 9.53 Å². The van der Waals surface area contributed by atoms with E-state index in [0.29, 0.717) is 13.0 Å². The van der Waals surface area contributed by atoms with Gasteiger partial charge in [0.25, 0.3) is 0 Å². The first-order valence-electron chi connectivity index (χ1n) is 7.06. The number of rotatable bonds is 3. The van der Waals surface area contributed by atoms with E-state index in [9.17, 15) is 4.79 Å². The lowest BCUT2D eigenvalue weighted by atomic mass is 9.98. The number of carbonyl (C=O) groups is 1. The second-order valence-corrected chi connectivity index (χ2v) is 5.04. The predicted octanol–water partition coefficient (Wildman–Crippen LogP) is 2.68. The van der Waals surface area contributed by atoms with E-state index < -0.39 is 0 Å². The van der Waals surface area contributed by atoms with Crippen LogP contribution in [0.15, 0.2) is 36.5 Å². The second kappa shape index (κ2) is 5.49. The van der Waals surface area contributed by atoms with E-state index in [2.05, 4.69) is 27.9 Å². The van der Waals surface area contributed by atoms with Crippen LogP contribution in [-0.4, -0.2) is 22.1 Å². The molecule has 0 saturated heterocycles. The fraction of sp³-hybridized carbons (Fsp3) is 0.375. The molecule has 0 amide bonds. The van der Waals surface area contributed by atoms with E-state index in [1.807, 2.05) is 25.1 Å². The Labute approximate surface area is 118 Å². The molecule has 0 fully saturated rings. The highest BCUT2D eigenvalue weighted by Crippen LogP contribution is 2.25. The molecule has 1 atom stereocenters. The van der Waals surface area contributed by atoms with Crippen molar-refractivity contribution in [2.45, 2.75) is 26.3 Å². The molecule has 1 aliphatic heterocycles. The molecule has 0 bridgehead atoms. The van der Waals surface area contributed by atoms with Crippen LogP contribution in [0.4, 0.5) is 0 Å². The van der Waals surface area contributed by atoms with Gasteiger partial charge in [0.05, 0.1) is 18.2 Å². The standard InChI is InChI=1S/C16H18N2O2/c1-2-20-16(19)13-8-9-18-11-14(17-15(18)10-13)12-6-4-3-5-7-12/h3-7,11,13H,2,8-10H2,1H3. The summed E-state index contributed by atoms with van der Waals surface area (Å²) in [6.07, 6.45) is 3.58. The van der Waals surface area contributed by atoms with Crippen molar-refractivity contribution in [2.75, 3.05) is 6.61 Å². The molecule has 20 heavy (non-hydrogen) atoms. The van der Waals surface area contributed by atoms with E-state index in [-0.39, 0.29) is 11.9 Å². The fourth-order valence-electron chi connectivity index (χ4n) is 2.64. The molecule has 1 aromatic carbocycles. The average Bonchev–Trinajstić information content (AvgIpc) is 2.91. The number of carbonyl (C=O) groups excluding carboxylic acids is 1. The number of benzene rings is 1. The number of fused-ring (bicyclic) bond motifs is 1. The zero-order valence-corrected chi connectivity index (χ0v) is 11.6. The van der Waals surface area contributed by atoms with Gasteiger partial charge in [0.1, 0.15) is 5.82 Å². The summed E-state index contributed by atoms with van der Waals surface area (Å²) < 4.78 is 7.26. The van der Waals surface area contributed by atoms with Gasteiger partial charge >= 0.3 is 5.97 Å². The van der Waals surface area contributed by atoms with Crippen molar-refractivity contribution in [3.8, 4) is 11.3 Å². The molecule has 104 valence electrons. The second-order valence-electron chi connectivity index (χ2n) is 5.04. The zero-order chi connectivity index (χ0) is 13.9. The van der Waals surface area contributed by atoms with Crippen molar-refractivity contribution in [2.24, 2.45) is 5.92 Å². The Hall–Kier alpha value is -2.10. The summed E-state index contributed by atoms with van der Waals surface area (Å²) in [7, 11) is 0. The molecule has 4 heteroatoms. The number of imidazole rings is 1. The highest BCUT2D eigenvalue weighted by atomic mass is 16.5. The smallest absolute Gasteiger partial charge is 0.309 e. The van der Waals surface area contributed by atoms with Gasteiger partial charge in [0.2, 0.25) is 0 Å². The van der Waals surface area contributed by atoms with Gasteiger partial charge in [-0.1, -0.05) is 30.3 Å². The van der Waals surface area contributed by atoms with Gasteiger partial charge in [0, 0.05) is 24.7 Å². The van der Waals surface area contributed by atoms with Gasteiger partial charge in [-0.15, -0.1) is 0 Å². The highest BCUT2D eigenvalue weighted by Gasteiger charge is 2.27. The lowest BCUT2D eigenvalue weighted by Crippen LogP contribution is -2.27. The SMILES string of the molecule is CCOC(=O)C1CCn2cc(-c3ccccc3)nc2C1. The molecule has 2 heterocycles. The fourth-order valence-corrected chi connectivity index (χ4v) is 2.64. The molecule has 2 aromatic rings. The molecule has 3 rings (SSSR count). The third-order valence-corrected chi connectivity index (χ3v) is 3.70. The Morgan fingerprint density at radius 1 is 1.40 bits per heavy atom. The van der Waals surface area contributed by atoms with E-state index in [4.69, 9.17) is 4.74 Å². The maximum absolute atomic E-state index is 11.8. The largest absolute Gasteiger partial charge is 0.466 e. The quantitative estimate of drug-likeness (QED) is 0.805. The highest BCUT2D eigenvalue weighted by molar-refractivity contribution is 5.73. The van der Waals surface area contributed by atoms with Crippen molar-refractivity contribution >= 4 is 5.97 Å². The summed E-state index contributed by atoms with van der Waals surface area (Å²) in [5, 5.41) is 0. The maximum Gasteiger partial charge on any atom is 0.309 e. The van der Waals surface area contributed by atoms with Crippen LogP contribution in [0.5, 0.6) is 0 Å². The van der Waals surface area contributed by atoms with E-state index in [0.717, 1.165) is 30.0 Å². The summed E-state index contributed by atoms with van der Waals surface area (Å²) >= 11 is 0. The Morgan fingerprint density at radius 3 is 2.95 bits per heavy atom. The van der Waals surface area contributed by atoms with Crippen LogP contribution in [0.2, 0.25) is 0 Å². The molecule has 1 aromatic heterocycles. The Kier molecular flexibility index (Phi) is 3.54. The molecule has 0 spiro atoms. The van der Waals surface area contributed by atoms with Gasteiger partial charge in [0.15, 0.2) is 0 Å². The Balaban J connectivity index is 1.81. The first kappa shape index (κ1) is 12.9. The molecule has 4 nitrogen and oxygen atoms in total. The molecule has 0 N–H and O–H groups in total. The summed E-state index contributed by atoms with van der Waals surface area (Å²) in [4.78, 5) is 16.5. The molecule has 1 unspecified atom stereocenters. The van der Waals surface area contributed by atoms with E-state index in [1.165, 1.54) is 0 Å². The monoisotopic (exact) mass is 270 g/mol. The van der Waals surface area contributed by atoms with Crippen LogP contribution < -0.4 is 0 Å². The van der Waals surface area contributed by atoms with Gasteiger partial charge in [-0.05, 0) is 13.3 Å². The minimum atomic E-state index is -0.0944. The number of aromatic nitrogens is 2. The van der Waals surface area contributed by atoms with Crippen LogP contribution in [0.1, 0.15) is 19.2 Å². The lowest BCUT2D eigenvalue weighted by Gasteiger charge is -2.21. The summed E-state index contributed by atoms with van der Waals surface area (Å²) in [5.74, 6) is 0.838. The number of nitrogens with zero attached hydrogens (tertiary/aromatic N) is 2. The third kappa shape index (κ3) is 2.46. The molecular formula is C16H18N2O2. The molecule has 0 radical (unpaired) electrons. The van der Waals surface area contributed by atoms with Crippen LogP contribution >= 0.6 is 0 Å². The van der Waals surface area contributed by atoms with E-state index in [1.54, 1.807) is 0 Å². The molecule has 1 aliphatic rings. The van der Waals surface area contributed by atoms with Gasteiger partial charge in [-0.25, -0.2) is 4.98 Å². The number of hydrogen-bond donors (Lipinski definition) is 0. The number of esters is 1. The predicted molar refractivity (Wildman–Crippen MR) is 76.1 cm³/mol. The van der Waals surface area contributed by atoms with Crippen molar-refractivity contribution in [3.63, 3.8) is 0 Å². The van der Waals surface area contributed by atoms with Crippen molar-refractivity contribution in [3.05, 3.63) is 42.4 Å². The summed E-state index contributed by atoms with van der Waals surface area (Å²) in [6.45, 7) is 3.12. The average molecular weight is 270 g/mol. The third-order valence-electron chi connectivity index (χ3n) is 3.70. The molecule has 0 aliphatic carbocycles. The van der Waals surface area contributed by atoms with Crippen LogP contribution in [0.25, 0.3) is 11.3 Å².